The van der Waals surface area contributed by atoms with Crippen LogP contribution < -0.4 is 5.73 Å². The van der Waals surface area contributed by atoms with Gasteiger partial charge in [-0.2, -0.15) is 16.7 Å². The molecule has 7 heteroatoms. The van der Waals surface area contributed by atoms with Crippen LogP contribution in [0.3, 0.4) is 0 Å². The Hall–Kier alpha value is -0.660. The predicted molar refractivity (Wildman–Crippen MR) is 84.4 cm³/mol. The summed E-state index contributed by atoms with van der Waals surface area (Å²) < 4.78 is 6.28. The van der Waals surface area contributed by atoms with Crippen LogP contribution in [0.25, 0.3) is 11.5 Å². The zero-order valence-corrected chi connectivity index (χ0v) is 13.2. The van der Waals surface area contributed by atoms with E-state index >= 15 is 0 Å². The summed E-state index contributed by atoms with van der Waals surface area (Å²) in [6.07, 6.45) is 0. The smallest absolute Gasteiger partial charge is 0.260 e. The molecule has 1 aliphatic heterocycles. The lowest BCUT2D eigenvalue weighted by Crippen LogP contribution is -2.07. The van der Waals surface area contributed by atoms with Gasteiger partial charge in [0.25, 0.3) is 5.89 Å². The maximum Gasteiger partial charge on any atom is 0.260 e. The van der Waals surface area contributed by atoms with E-state index in [-0.39, 0.29) is 0 Å². The van der Waals surface area contributed by atoms with E-state index in [1.165, 1.54) is 5.75 Å². The van der Waals surface area contributed by atoms with Crippen LogP contribution in [-0.2, 0) is 0 Å². The fraction of sp³-hybridized carbons (Fsp3) is 0.333. The molecule has 4 nitrogen and oxygen atoms in total. The summed E-state index contributed by atoms with van der Waals surface area (Å²) in [5.74, 6) is 4.65. The van der Waals surface area contributed by atoms with Crippen LogP contribution in [0.1, 0.15) is 11.1 Å². The van der Waals surface area contributed by atoms with Crippen LogP contribution in [0.4, 0.5) is 5.69 Å². The molecule has 1 unspecified atom stereocenters. The molecule has 100 valence electrons. The zero-order valence-electron chi connectivity index (χ0n) is 10.0. The Morgan fingerprint density at radius 1 is 1.37 bits per heavy atom. The Morgan fingerprint density at radius 2 is 2.26 bits per heavy atom. The van der Waals surface area contributed by atoms with Gasteiger partial charge >= 0.3 is 0 Å². The fourth-order valence-corrected chi connectivity index (χ4v) is 4.81. The van der Waals surface area contributed by atoms with Crippen LogP contribution in [-0.4, -0.2) is 27.4 Å². The second kappa shape index (κ2) is 5.76. The molecule has 0 spiro atoms. The zero-order chi connectivity index (χ0) is 13.2. The molecule has 1 aliphatic rings. The SMILES string of the molecule is Nc1cc(Br)ccc1-c1nc(C2CSCCS2)no1. The molecule has 2 aromatic rings. The molecule has 19 heavy (non-hydrogen) atoms. The monoisotopic (exact) mass is 357 g/mol. The van der Waals surface area contributed by atoms with Gasteiger partial charge in [0, 0.05) is 27.4 Å². The molecule has 0 saturated carbocycles. The first kappa shape index (κ1) is 13.3. The van der Waals surface area contributed by atoms with Gasteiger partial charge in [0.15, 0.2) is 5.82 Å². The molecule has 1 fully saturated rings. The lowest BCUT2D eigenvalue weighted by molar-refractivity contribution is 0.423. The average molecular weight is 358 g/mol. The van der Waals surface area contributed by atoms with E-state index in [4.69, 9.17) is 10.3 Å². The third-order valence-corrected chi connectivity index (χ3v) is 6.03. The summed E-state index contributed by atoms with van der Waals surface area (Å²) in [5, 5.41) is 4.42. The second-order valence-corrected chi connectivity index (χ2v) is 7.50. The van der Waals surface area contributed by atoms with E-state index < -0.39 is 0 Å². The van der Waals surface area contributed by atoms with Crippen molar-refractivity contribution >= 4 is 45.1 Å². The van der Waals surface area contributed by atoms with Crippen molar-refractivity contribution in [2.45, 2.75) is 5.25 Å². The number of nitrogens with zero attached hydrogens (tertiary/aromatic N) is 2. The number of nitrogen functional groups attached to an aromatic ring is 1. The van der Waals surface area contributed by atoms with Crippen molar-refractivity contribution in [1.82, 2.24) is 10.1 Å². The van der Waals surface area contributed by atoms with Crippen molar-refractivity contribution in [2.75, 3.05) is 23.0 Å². The molecule has 0 bridgehead atoms. The highest BCUT2D eigenvalue weighted by Gasteiger charge is 2.22. The van der Waals surface area contributed by atoms with Gasteiger partial charge in [-0.1, -0.05) is 21.1 Å². The maximum atomic E-state index is 5.97. The van der Waals surface area contributed by atoms with Crippen molar-refractivity contribution in [1.29, 1.82) is 0 Å². The standard InChI is InChI=1S/C12H12BrN3OS2/c13-7-1-2-8(9(14)5-7)12-15-11(16-17-12)10-6-18-3-4-19-10/h1-2,5,10H,3-4,6,14H2. The third kappa shape index (κ3) is 2.93. The van der Waals surface area contributed by atoms with Gasteiger partial charge in [-0.25, -0.2) is 0 Å². The maximum absolute atomic E-state index is 5.97. The molecule has 1 saturated heterocycles. The Kier molecular flexibility index (Phi) is 4.04. The van der Waals surface area contributed by atoms with Crippen LogP contribution in [0.15, 0.2) is 27.2 Å². The molecule has 0 radical (unpaired) electrons. The lowest BCUT2D eigenvalue weighted by Gasteiger charge is -2.16. The van der Waals surface area contributed by atoms with E-state index in [9.17, 15) is 0 Å². The Balaban J connectivity index is 1.87. The van der Waals surface area contributed by atoms with Gasteiger partial charge in [-0.15, -0.1) is 11.8 Å². The fourth-order valence-electron chi connectivity index (χ4n) is 1.84. The minimum Gasteiger partial charge on any atom is -0.398 e. The molecule has 1 atom stereocenters. The first-order valence-corrected chi connectivity index (χ1v) is 8.82. The number of benzene rings is 1. The van der Waals surface area contributed by atoms with E-state index in [2.05, 4.69) is 26.1 Å². The number of aromatic nitrogens is 2. The number of rotatable bonds is 2. The van der Waals surface area contributed by atoms with Gasteiger partial charge < -0.3 is 10.3 Å². The predicted octanol–water partition coefficient (Wildman–Crippen LogP) is 3.60. The first-order valence-electron chi connectivity index (χ1n) is 5.82. The summed E-state index contributed by atoms with van der Waals surface area (Å²) >= 11 is 7.21. The number of anilines is 1. The van der Waals surface area contributed by atoms with Crippen LogP contribution in [0, 0.1) is 0 Å². The van der Waals surface area contributed by atoms with Gasteiger partial charge in [0.2, 0.25) is 0 Å². The third-order valence-electron chi connectivity index (χ3n) is 2.79. The number of nitrogens with two attached hydrogens (primary N) is 1. The summed E-state index contributed by atoms with van der Waals surface area (Å²) in [5.41, 5.74) is 7.40. The van der Waals surface area contributed by atoms with E-state index in [0.29, 0.717) is 16.8 Å². The summed E-state index contributed by atoms with van der Waals surface area (Å²) in [6.45, 7) is 0. The van der Waals surface area contributed by atoms with Crippen molar-refractivity contribution in [3.63, 3.8) is 0 Å². The molecule has 2 N–H and O–H groups in total. The number of hydrogen-bond acceptors (Lipinski definition) is 6. The minimum atomic E-state index is 0.327. The van der Waals surface area contributed by atoms with Crippen molar-refractivity contribution in [2.24, 2.45) is 0 Å². The molecule has 1 aromatic carbocycles. The molecule has 2 heterocycles. The Labute approximate surface area is 128 Å². The molecule has 3 rings (SSSR count). The van der Waals surface area contributed by atoms with E-state index in [1.807, 2.05) is 41.7 Å². The van der Waals surface area contributed by atoms with Gasteiger partial charge in [0.05, 0.1) is 10.8 Å². The normalized spacial score (nSPS) is 19.5. The number of hydrogen-bond donors (Lipinski definition) is 1. The topological polar surface area (TPSA) is 64.9 Å². The van der Waals surface area contributed by atoms with E-state index in [1.54, 1.807) is 0 Å². The van der Waals surface area contributed by atoms with Gasteiger partial charge in [-0.05, 0) is 18.2 Å². The summed E-state index contributed by atoms with van der Waals surface area (Å²) in [7, 11) is 0. The lowest BCUT2D eigenvalue weighted by atomic mass is 10.2. The van der Waals surface area contributed by atoms with Crippen molar-refractivity contribution in [3.8, 4) is 11.5 Å². The largest absolute Gasteiger partial charge is 0.398 e. The second-order valence-electron chi connectivity index (χ2n) is 4.12. The molecular weight excluding hydrogens is 346 g/mol. The number of thioether (sulfide) groups is 2. The van der Waals surface area contributed by atoms with E-state index in [0.717, 1.165) is 27.4 Å². The molecular formula is C12H12BrN3OS2. The minimum absolute atomic E-state index is 0.327. The first-order chi connectivity index (χ1) is 9.24. The summed E-state index contributed by atoms with van der Waals surface area (Å²) in [4.78, 5) is 4.49. The van der Waals surface area contributed by atoms with Crippen LogP contribution in [0.2, 0.25) is 0 Å². The summed E-state index contributed by atoms with van der Waals surface area (Å²) in [6, 6.07) is 5.64. The van der Waals surface area contributed by atoms with Crippen LogP contribution >= 0.6 is 39.5 Å². The van der Waals surface area contributed by atoms with Crippen molar-refractivity contribution < 1.29 is 4.52 Å². The van der Waals surface area contributed by atoms with Gasteiger partial charge in [-0.3, -0.25) is 0 Å². The van der Waals surface area contributed by atoms with Gasteiger partial charge in [0.1, 0.15) is 0 Å². The number of halogens is 1. The molecule has 0 amide bonds. The highest BCUT2D eigenvalue weighted by Crippen LogP contribution is 2.36. The average Bonchev–Trinajstić information content (AvgIpc) is 2.89. The quantitative estimate of drug-likeness (QED) is 0.828. The van der Waals surface area contributed by atoms with Crippen molar-refractivity contribution in [3.05, 3.63) is 28.5 Å². The molecule has 1 aromatic heterocycles. The highest BCUT2D eigenvalue weighted by atomic mass is 79.9. The highest BCUT2D eigenvalue weighted by molar-refractivity contribution is 9.10. The molecule has 0 aliphatic carbocycles. The van der Waals surface area contributed by atoms with Crippen LogP contribution in [0.5, 0.6) is 0 Å². The Morgan fingerprint density at radius 3 is 3.00 bits per heavy atom. The Bertz CT molecular complexity index is 584.